The number of carbonyl (C=O) groups excluding carboxylic acids is 1. The minimum absolute atomic E-state index is 0.00801. The highest BCUT2D eigenvalue weighted by Gasteiger charge is 2.55. The van der Waals surface area contributed by atoms with Crippen LogP contribution in [0.2, 0.25) is 0 Å². The molecule has 0 radical (unpaired) electrons. The molecule has 6 heteroatoms. The van der Waals surface area contributed by atoms with Gasteiger partial charge in [-0.1, -0.05) is 13.8 Å². The number of hydrogen-bond acceptors (Lipinski definition) is 4. The van der Waals surface area contributed by atoms with E-state index in [1.165, 1.54) is 19.9 Å². The first-order chi connectivity index (χ1) is 8.82. The van der Waals surface area contributed by atoms with E-state index in [-0.39, 0.29) is 17.8 Å². The predicted molar refractivity (Wildman–Crippen MR) is 65.2 cm³/mol. The summed E-state index contributed by atoms with van der Waals surface area (Å²) in [6.07, 6.45) is 1.19. The topological polar surface area (TPSA) is 101 Å². The number of hydrogen-bond donors (Lipinski definition) is 2. The Bertz CT molecular complexity index is 485. The Balaban J connectivity index is 3.54. The van der Waals surface area contributed by atoms with E-state index in [9.17, 15) is 19.5 Å². The van der Waals surface area contributed by atoms with Crippen LogP contribution in [-0.4, -0.2) is 40.3 Å². The fourth-order valence-electron chi connectivity index (χ4n) is 2.54. The highest BCUT2D eigenvalue weighted by molar-refractivity contribution is 5.93. The molecule has 0 aromatic rings. The van der Waals surface area contributed by atoms with E-state index in [1.54, 1.807) is 12.9 Å². The van der Waals surface area contributed by atoms with Crippen LogP contribution in [0, 0.1) is 11.8 Å². The molecule has 1 aliphatic carbocycles. The average molecular weight is 268 g/mol. The number of carbonyl (C=O) groups is 2. The Morgan fingerprint density at radius 2 is 1.95 bits per heavy atom. The quantitative estimate of drug-likeness (QED) is 0.735. The van der Waals surface area contributed by atoms with Crippen LogP contribution < -0.4 is 0 Å². The zero-order chi connectivity index (χ0) is 14.8. The van der Waals surface area contributed by atoms with Gasteiger partial charge in [0.2, 0.25) is 0 Å². The fourth-order valence-corrected chi connectivity index (χ4v) is 2.54. The SMILES string of the molecule is CCOC1(C(=O)O)C(C)C(=C=O)C=C(C(=O)O)C1C. The van der Waals surface area contributed by atoms with E-state index < -0.39 is 29.4 Å². The third kappa shape index (κ3) is 2.20. The summed E-state index contributed by atoms with van der Waals surface area (Å²) < 4.78 is 5.37. The van der Waals surface area contributed by atoms with E-state index in [2.05, 4.69) is 0 Å². The predicted octanol–water partition coefficient (Wildman–Crippen LogP) is 0.901. The van der Waals surface area contributed by atoms with Crippen LogP contribution in [0.1, 0.15) is 20.8 Å². The molecular formula is C13H16O6. The third-order valence-corrected chi connectivity index (χ3v) is 3.61. The molecule has 0 heterocycles. The summed E-state index contributed by atoms with van der Waals surface area (Å²) in [5, 5.41) is 18.6. The molecule has 0 fully saturated rings. The second-order valence-corrected chi connectivity index (χ2v) is 4.44. The zero-order valence-electron chi connectivity index (χ0n) is 11.0. The molecule has 0 bridgehead atoms. The molecule has 0 spiro atoms. The molecule has 1 rings (SSSR count). The van der Waals surface area contributed by atoms with Gasteiger partial charge in [0.15, 0.2) is 5.60 Å². The van der Waals surface area contributed by atoms with Gasteiger partial charge in [-0.3, -0.25) is 0 Å². The second kappa shape index (κ2) is 5.38. The van der Waals surface area contributed by atoms with Crippen molar-refractivity contribution in [3.63, 3.8) is 0 Å². The number of carboxylic acid groups (broad SMARTS) is 2. The van der Waals surface area contributed by atoms with E-state index in [0.717, 1.165) is 0 Å². The Morgan fingerprint density at radius 1 is 1.37 bits per heavy atom. The highest BCUT2D eigenvalue weighted by Crippen LogP contribution is 2.43. The molecule has 6 nitrogen and oxygen atoms in total. The van der Waals surface area contributed by atoms with Crippen LogP contribution in [0.15, 0.2) is 17.2 Å². The summed E-state index contributed by atoms with van der Waals surface area (Å²) in [6, 6.07) is 0. The van der Waals surface area contributed by atoms with Crippen LogP contribution >= 0.6 is 0 Å². The van der Waals surface area contributed by atoms with Crippen LogP contribution in [0.25, 0.3) is 0 Å². The van der Waals surface area contributed by atoms with Crippen molar-refractivity contribution in [2.45, 2.75) is 26.4 Å². The molecule has 3 atom stereocenters. The maximum Gasteiger partial charge on any atom is 0.337 e. The van der Waals surface area contributed by atoms with Gasteiger partial charge >= 0.3 is 11.9 Å². The van der Waals surface area contributed by atoms with Gasteiger partial charge in [-0.15, -0.1) is 0 Å². The fraction of sp³-hybridized carbons (Fsp3) is 0.538. The lowest BCUT2D eigenvalue weighted by Gasteiger charge is -2.42. The minimum Gasteiger partial charge on any atom is -0.479 e. The van der Waals surface area contributed by atoms with Crippen molar-refractivity contribution in [1.29, 1.82) is 0 Å². The molecule has 104 valence electrons. The van der Waals surface area contributed by atoms with Crippen LogP contribution in [0.4, 0.5) is 0 Å². The lowest BCUT2D eigenvalue weighted by Crippen LogP contribution is -2.56. The van der Waals surface area contributed by atoms with Gasteiger partial charge in [-0.25, -0.2) is 14.4 Å². The van der Waals surface area contributed by atoms with Crippen molar-refractivity contribution in [3.8, 4) is 0 Å². The van der Waals surface area contributed by atoms with Crippen molar-refractivity contribution in [3.05, 3.63) is 17.2 Å². The average Bonchev–Trinajstić information content (AvgIpc) is 2.34. The van der Waals surface area contributed by atoms with E-state index in [0.29, 0.717) is 0 Å². The van der Waals surface area contributed by atoms with Crippen molar-refractivity contribution >= 4 is 17.9 Å². The van der Waals surface area contributed by atoms with Gasteiger partial charge in [0.25, 0.3) is 0 Å². The normalized spacial score (nSPS) is 30.5. The molecule has 1 aliphatic rings. The molecule has 0 saturated heterocycles. The lowest BCUT2D eigenvalue weighted by molar-refractivity contribution is -0.179. The molecule has 0 amide bonds. The molecule has 3 unspecified atom stereocenters. The van der Waals surface area contributed by atoms with Gasteiger partial charge in [0.05, 0.1) is 0 Å². The molecule has 19 heavy (non-hydrogen) atoms. The van der Waals surface area contributed by atoms with Gasteiger partial charge in [-0.2, -0.15) is 0 Å². The van der Waals surface area contributed by atoms with Crippen molar-refractivity contribution < 1.29 is 29.3 Å². The standard InChI is InChI=1S/C13H16O6/c1-4-19-13(12(17)18)7(2)9(6-14)5-10(8(13)3)11(15)16/h5,7-8H,4H2,1-3H3,(H,15,16)(H,17,18). The zero-order valence-corrected chi connectivity index (χ0v) is 11.0. The number of rotatable bonds is 4. The minimum atomic E-state index is -1.76. The molecule has 0 aromatic carbocycles. The Hall–Kier alpha value is -1.91. The number of carboxylic acids is 2. The smallest absolute Gasteiger partial charge is 0.337 e. The number of aliphatic carboxylic acids is 2. The number of ether oxygens (including phenoxy) is 1. The Kier molecular flexibility index (Phi) is 4.29. The third-order valence-electron chi connectivity index (χ3n) is 3.61. The molecule has 2 N–H and O–H groups in total. The molecule has 0 aliphatic heterocycles. The second-order valence-electron chi connectivity index (χ2n) is 4.44. The van der Waals surface area contributed by atoms with Gasteiger partial charge in [-0.05, 0) is 13.0 Å². The maximum absolute atomic E-state index is 11.6. The van der Waals surface area contributed by atoms with E-state index in [1.807, 2.05) is 0 Å². The van der Waals surface area contributed by atoms with Crippen molar-refractivity contribution in [1.82, 2.24) is 0 Å². The summed E-state index contributed by atoms with van der Waals surface area (Å²) in [5.74, 6) is -2.60. The van der Waals surface area contributed by atoms with Gasteiger partial charge in [0, 0.05) is 29.6 Å². The Labute approximate surface area is 110 Å². The largest absolute Gasteiger partial charge is 0.479 e. The lowest BCUT2D eigenvalue weighted by atomic mass is 9.67. The summed E-state index contributed by atoms with van der Waals surface area (Å²) in [6.45, 7) is 4.71. The van der Waals surface area contributed by atoms with Crippen molar-refractivity contribution in [2.24, 2.45) is 11.8 Å². The van der Waals surface area contributed by atoms with Crippen LogP contribution in [-0.2, 0) is 19.1 Å². The Morgan fingerprint density at radius 3 is 2.32 bits per heavy atom. The van der Waals surface area contributed by atoms with Crippen molar-refractivity contribution in [2.75, 3.05) is 6.61 Å². The van der Waals surface area contributed by atoms with Crippen LogP contribution in [0.5, 0.6) is 0 Å². The summed E-state index contributed by atoms with van der Waals surface area (Å²) in [4.78, 5) is 33.7. The summed E-state index contributed by atoms with van der Waals surface area (Å²) in [7, 11) is 0. The first kappa shape index (κ1) is 15.1. The van der Waals surface area contributed by atoms with Crippen LogP contribution in [0.3, 0.4) is 0 Å². The molecule has 0 saturated carbocycles. The molecule has 0 aromatic heterocycles. The summed E-state index contributed by atoms with van der Waals surface area (Å²) in [5.41, 5.74) is -1.93. The number of allylic oxidation sites excluding steroid dienone is 1. The van der Waals surface area contributed by atoms with E-state index >= 15 is 0 Å². The van der Waals surface area contributed by atoms with Gasteiger partial charge < -0.3 is 14.9 Å². The first-order valence-electron chi connectivity index (χ1n) is 5.90. The first-order valence-corrected chi connectivity index (χ1v) is 5.90. The maximum atomic E-state index is 11.6. The van der Waals surface area contributed by atoms with E-state index in [4.69, 9.17) is 9.84 Å². The monoisotopic (exact) mass is 268 g/mol. The highest BCUT2D eigenvalue weighted by atomic mass is 16.5. The summed E-state index contributed by atoms with van der Waals surface area (Å²) >= 11 is 0. The molecular weight excluding hydrogens is 252 g/mol. The van der Waals surface area contributed by atoms with Gasteiger partial charge in [0.1, 0.15) is 5.94 Å².